The Morgan fingerprint density at radius 2 is 1.61 bits per heavy atom. The number of aliphatic hydroxyl groups excluding tert-OH is 2. The van der Waals surface area contributed by atoms with E-state index >= 15 is 0 Å². The fourth-order valence-corrected chi connectivity index (χ4v) is 9.74. The Bertz CT molecular complexity index is 1520. The van der Waals surface area contributed by atoms with Crippen molar-refractivity contribution in [2.75, 3.05) is 34.5 Å². The molecule has 14 heteroatoms. The van der Waals surface area contributed by atoms with Crippen LogP contribution in [0.25, 0.3) is 0 Å². The van der Waals surface area contributed by atoms with Crippen molar-refractivity contribution in [3.63, 3.8) is 0 Å². The van der Waals surface area contributed by atoms with Crippen LogP contribution in [0.4, 0.5) is 0 Å². The Kier molecular flexibility index (Phi) is 21.0. The molecule has 1 aliphatic carbocycles. The molecule has 0 unspecified atom stereocenters. The van der Waals surface area contributed by atoms with Gasteiger partial charge in [0.1, 0.15) is 24.9 Å². The number of rotatable bonds is 9. The summed E-state index contributed by atoms with van der Waals surface area (Å²) in [6.07, 6.45) is 5.72. The van der Waals surface area contributed by atoms with Gasteiger partial charge in [-0.2, -0.15) is 0 Å². The van der Waals surface area contributed by atoms with E-state index in [4.69, 9.17) is 28.5 Å². The third kappa shape index (κ3) is 13.2. The zero-order valence-corrected chi connectivity index (χ0v) is 38.0. The monoisotopic (exact) mass is 865 g/mol. The third-order valence-corrected chi connectivity index (χ3v) is 13.4. The van der Waals surface area contributed by atoms with Gasteiger partial charge in [0.05, 0.1) is 36.2 Å². The Balaban J connectivity index is 0.00000992. The van der Waals surface area contributed by atoms with Crippen LogP contribution in [0, 0.1) is 29.6 Å². The second-order valence-electron chi connectivity index (χ2n) is 18.1. The number of fused-ring (bicyclic) bond motifs is 3. The smallest absolute Gasteiger partial charge is 0.329 e. The zero-order valence-electron chi connectivity index (χ0n) is 38.0. The number of hydrogen-bond acceptors (Lipinski definition) is 13. The molecule has 2 bridgehead atoms. The molecule has 0 radical (unpaired) electrons. The van der Waals surface area contributed by atoms with E-state index in [-0.39, 0.29) is 57.1 Å². The van der Waals surface area contributed by atoms with E-state index in [0.29, 0.717) is 63.7 Å². The van der Waals surface area contributed by atoms with Crippen molar-refractivity contribution in [1.29, 1.82) is 0 Å². The number of hydrogen-bond donors (Lipinski definition) is 3. The molecule has 4 rings (SSSR count). The van der Waals surface area contributed by atoms with Gasteiger partial charge >= 0.3 is 5.97 Å². The van der Waals surface area contributed by atoms with E-state index in [1.807, 2.05) is 26.8 Å². The van der Waals surface area contributed by atoms with Gasteiger partial charge in [-0.15, -0.1) is 0 Å². The summed E-state index contributed by atoms with van der Waals surface area (Å²) < 4.78 is 30.1. The van der Waals surface area contributed by atoms with Crippen molar-refractivity contribution in [3.8, 4) is 0 Å². The number of methoxy groups -OCH3 is 3. The summed E-state index contributed by atoms with van der Waals surface area (Å²) in [6, 6.07) is -1.11. The van der Waals surface area contributed by atoms with Crippen LogP contribution < -0.4 is 0 Å². The van der Waals surface area contributed by atoms with Gasteiger partial charge in [-0.05, 0) is 102 Å². The van der Waals surface area contributed by atoms with Gasteiger partial charge in [0.15, 0.2) is 0 Å². The lowest BCUT2D eigenvalue weighted by Gasteiger charge is -2.47. The number of carbonyl (C=O) groups excluding carboxylic acids is 3. The Morgan fingerprint density at radius 1 is 0.934 bits per heavy atom. The molecule has 3 aliphatic heterocycles. The lowest BCUT2D eigenvalue weighted by atomic mass is 9.81. The highest BCUT2D eigenvalue weighted by molar-refractivity contribution is 6.39. The molecule has 1 saturated carbocycles. The van der Waals surface area contributed by atoms with Gasteiger partial charge in [0, 0.05) is 52.0 Å². The first-order chi connectivity index (χ1) is 28.5. The average Bonchev–Trinajstić information content (AvgIpc) is 3.23. The number of aliphatic hydroxyl groups is 3. The molecule has 14 atom stereocenters. The number of cyclic esters (lactones) is 1. The van der Waals surface area contributed by atoms with Gasteiger partial charge in [-0.25, -0.2) is 4.79 Å². The molecule has 3 heterocycles. The summed E-state index contributed by atoms with van der Waals surface area (Å²) in [5.74, 6) is -6.85. The fraction of sp³-hybridized carbons (Fsp3) is 0.830. The highest BCUT2D eigenvalue weighted by Gasteiger charge is 2.56. The van der Waals surface area contributed by atoms with Gasteiger partial charge < -0.3 is 48.7 Å². The Labute approximate surface area is 365 Å². The lowest BCUT2D eigenvalue weighted by Crippen LogP contribution is -2.64. The molecular formula is C47H80N2O12. The van der Waals surface area contributed by atoms with Crippen molar-refractivity contribution in [2.45, 2.75) is 187 Å². The molecule has 14 nitrogen and oxygen atoms in total. The topological polar surface area (TPSA) is 183 Å². The summed E-state index contributed by atoms with van der Waals surface area (Å²) in [6.45, 7) is 14.1. The highest BCUT2D eigenvalue weighted by Crippen LogP contribution is 2.39. The number of allylic oxidation sites excluding steroid dienone is 3. The molecule has 0 aromatic rings. The molecule has 0 spiro atoms. The number of nitrogens with zero attached hydrogens (tertiary/aromatic N) is 2. The number of ketones is 1. The third-order valence-electron chi connectivity index (χ3n) is 13.4. The molecule has 61 heavy (non-hydrogen) atoms. The maximum atomic E-state index is 14.5. The van der Waals surface area contributed by atoms with Crippen LogP contribution in [0.1, 0.15) is 133 Å². The minimum absolute atomic E-state index is 0. The number of piperidine rings is 1. The first-order valence-corrected chi connectivity index (χ1v) is 22.5. The summed E-state index contributed by atoms with van der Waals surface area (Å²) in [4.78, 5) is 50.1. The van der Waals surface area contributed by atoms with E-state index in [9.17, 15) is 29.7 Å². The molecule has 3 N–H and O–H groups in total. The molecule has 0 aromatic carbocycles. The van der Waals surface area contributed by atoms with Crippen LogP contribution in [-0.4, -0.2) is 133 Å². The van der Waals surface area contributed by atoms with Crippen LogP contribution in [-0.2, 0) is 42.9 Å². The molecule has 3 fully saturated rings. The van der Waals surface area contributed by atoms with E-state index in [1.165, 1.54) is 4.90 Å². The number of Topliss-reactive ketones (excluding diaryl/α,β-unsaturated/α-hetero) is 1. The quantitative estimate of drug-likeness (QED) is 0.0772. The van der Waals surface area contributed by atoms with Crippen molar-refractivity contribution >= 4 is 23.4 Å². The van der Waals surface area contributed by atoms with Crippen LogP contribution in [0.15, 0.2) is 28.5 Å². The van der Waals surface area contributed by atoms with Crippen molar-refractivity contribution in [1.82, 2.24) is 4.90 Å². The standard InChI is InChI=1S/C46H76N2O12.CH4/c1-11-19-58-47-34-26-37(50)31(7)41(29(5)23-32-16-17-36(49)38(25-32)55-8)59-45(53)35-15-13-14-18-48(35)44(52)43(51)46(54)30(6)24-40(57-10)42(60-46)39(56-9)22-28(4)20-27(3)21-33(34)12-2;/h21,23,28,30-33,35-42,49-50,54H,11-20,22,24-26H2,1-10H3;1H4/b27-21+,29-23+,47-34-;/t28-,30+,31+,32-,33+,35-,36+,37-,38+,39-,40-,41+,42+,46+;/m0./s1. The average molecular weight is 865 g/mol. The van der Waals surface area contributed by atoms with Crippen molar-refractivity contribution in [3.05, 3.63) is 23.3 Å². The predicted octanol–water partition coefficient (Wildman–Crippen LogP) is 6.32. The summed E-state index contributed by atoms with van der Waals surface area (Å²) in [5, 5.41) is 39.3. The van der Waals surface area contributed by atoms with Crippen LogP contribution in [0.3, 0.4) is 0 Å². The Morgan fingerprint density at radius 3 is 2.25 bits per heavy atom. The summed E-state index contributed by atoms with van der Waals surface area (Å²) in [5.41, 5.74) is 2.51. The SMILES string of the molecule is C.CCCO/N=C1/C[C@H](O)[C@@H](C)[C@@H](/C(C)=C/[C@@H]2CC[C@@H](O)[C@H](OC)C2)OC(=O)[C@@H]2CCCCN2C(=O)C(=O)[C@]2(O)O[C@H]([C@@H](OC)C[C@@H](C)C/C(C)=C/[C@H]1CC)[C@@H](OC)C[C@H]2C. The second-order valence-corrected chi connectivity index (χ2v) is 18.1. The van der Waals surface area contributed by atoms with Gasteiger partial charge in [0.25, 0.3) is 11.7 Å². The van der Waals surface area contributed by atoms with Gasteiger partial charge in [-0.1, -0.05) is 64.9 Å². The number of ether oxygens (including phenoxy) is 5. The van der Waals surface area contributed by atoms with E-state index < -0.39 is 77.9 Å². The number of amides is 1. The van der Waals surface area contributed by atoms with Crippen LogP contribution >= 0.6 is 0 Å². The van der Waals surface area contributed by atoms with E-state index in [2.05, 4.69) is 32.0 Å². The van der Waals surface area contributed by atoms with Crippen LogP contribution in [0.2, 0.25) is 0 Å². The Hall–Kier alpha value is -2.72. The molecule has 2 saturated heterocycles. The molecule has 350 valence electrons. The van der Waals surface area contributed by atoms with Gasteiger partial charge in [-0.3, -0.25) is 9.59 Å². The second kappa shape index (κ2) is 24.4. The molecule has 1 amide bonds. The van der Waals surface area contributed by atoms with Crippen LogP contribution in [0.5, 0.6) is 0 Å². The van der Waals surface area contributed by atoms with E-state index in [1.54, 1.807) is 28.3 Å². The summed E-state index contributed by atoms with van der Waals surface area (Å²) >= 11 is 0. The first kappa shape index (κ1) is 52.6. The maximum absolute atomic E-state index is 14.5. The minimum atomic E-state index is -2.49. The zero-order chi connectivity index (χ0) is 44.3. The first-order valence-electron chi connectivity index (χ1n) is 22.5. The lowest BCUT2D eigenvalue weighted by molar-refractivity contribution is -0.302. The summed E-state index contributed by atoms with van der Waals surface area (Å²) in [7, 11) is 4.70. The van der Waals surface area contributed by atoms with Crippen molar-refractivity contribution in [2.24, 2.45) is 34.7 Å². The molecule has 4 aliphatic rings. The fourth-order valence-electron chi connectivity index (χ4n) is 9.74. The number of carbonyl (C=O) groups is 3. The van der Waals surface area contributed by atoms with Gasteiger partial charge in [0.2, 0.25) is 5.79 Å². The number of oxime groups is 1. The highest BCUT2D eigenvalue weighted by atomic mass is 16.7. The van der Waals surface area contributed by atoms with E-state index in [0.717, 1.165) is 17.6 Å². The minimum Gasteiger partial charge on any atom is -0.456 e. The largest absolute Gasteiger partial charge is 0.456 e. The molecule has 0 aromatic heterocycles. The molecular weight excluding hydrogens is 785 g/mol. The normalized spacial score (nSPS) is 39.6. The predicted molar refractivity (Wildman–Crippen MR) is 233 cm³/mol. The van der Waals surface area contributed by atoms with Crippen molar-refractivity contribution < 1.29 is 58.2 Å². The number of esters is 1. The maximum Gasteiger partial charge on any atom is 0.329 e.